The normalized spacial score (nSPS) is 10.4. The average molecular weight is 395 g/mol. The summed E-state index contributed by atoms with van der Waals surface area (Å²) in [5.74, 6) is 0.852. The molecule has 148 valence electrons. The van der Waals surface area contributed by atoms with Crippen LogP contribution < -0.4 is 9.75 Å². The summed E-state index contributed by atoms with van der Waals surface area (Å²) in [6.45, 7) is 1.29. The first kappa shape index (κ1) is 19.2. The van der Waals surface area contributed by atoms with E-state index in [4.69, 9.17) is 10.00 Å². The first-order valence-corrected chi connectivity index (χ1v) is 9.70. The van der Waals surface area contributed by atoms with E-state index < -0.39 is 0 Å². The predicted octanol–water partition coefficient (Wildman–Crippen LogP) is 4.24. The van der Waals surface area contributed by atoms with Gasteiger partial charge >= 0.3 is 0 Å². The van der Waals surface area contributed by atoms with E-state index in [0.29, 0.717) is 12.2 Å². The summed E-state index contributed by atoms with van der Waals surface area (Å²) in [4.78, 5) is 0. The van der Waals surface area contributed by atoms with E-state index in [2.05, 4.69) is 45.5 Å². The molecule has 3 aromatic carbocycles. The van der Waals surface area contributed by atoms with Gasteiger partial charge in [0.25, 0.3) is 0 Å². The number of anilines is 1. The number of rotatable bonds is 8. The van der Waals surface area contributed by atoms with Gasteiger partial charge in [0.2, 0.25) is 0 Å². The highest BCUT2D eigenvalue weighted by Gasteiger charge is 2.10. The van der Waals surface area contributed by atoms with Crippen molar-refractivity contribution >= 4 is 5.69 Å². The first-order chi connectivity index (χ1) is 14.8. The van der Waals surface area contributed by atoms with Crippen LogP contribution in [0.4, 0.5) is 5.69 Å². The van der Waals surface area contributed by atoms with Gasteiger partial charge in [0.05, 0.1) is 17.3 Å². The van der Waals surface area contributed by atoms with Gasteiger partial charge in [0, 0.05) is 6.54 Å². The monoisotopic (exact) mass is 395 g/mol. The Morgan fingerprint density at radius 1 is 0.833 bits per heavy atom. The maximum atomic E-state index is 9.03. The highest BCUT2D eigenvalue weighted by atomic mass is 16.5. The molecular formula is C24H21N5O. The van der Waals surface area contributed by atoms with Gasteiger partial charge in [-0.2, -0.15) is 5.26 Å². The molecule has 0 aliphatic rings. The smallest absolute Gasteiger partial charge is 0.139 e. The Morgan fingerprint density at radius 2 is 1.53 bits per heavy atom. The summed E-state index contributed by atoms with van der Waals surface area (Å²) in [6.07, 6.45) is 4.16. The lowest BCUT2D eigenvalue weighted by Crippen LogP contribution is -2.30. The third kappa shape index (κ3) is 4.83. The maximum absolute atomic E-state index is 9.03. The van der Waals surface area contributed by atoms with Crippen LogP contribution in [0.2, 0.25) is 0 Å². The average Bonchev–Trinajstić information content (AvgIpc) is 3.34. The zero-order chi connectivity index (χ0) is 20.6. The van der Waals surface area contributed by atoms with Gasteiger partial charge in [-0.15, -0.1) is 10.2 Å². The second-order valence-electron chi connectivity index (χ2n) is 6.79. The third-order valence-corrected chi connectivity index (χ3v) is 4.76. The minimum absolute atomic E-state index is 0.556. The van der Waals surface area contributed by atoms with Crippen LogP contribution in [-0.4, -0.2) is 21.4 Å². The summed E-state index contributed by atoms with van der Waals surface area (Å²) < 4.78 is 7.71. The molecule has 4 aromatic rings. The summed E-state index contributed by atoms with van der Waals surface area (Å²) in [6, 6.07) is 27.9. The second kappa shape index (κ2) is 9.39. The van der Waals surface area contributed by atoms with Crippen molar-refractivity contribution in [3.05, 3.63) is 108 Å². The third-order valence-electron chi connectivity index (χ3n) is 4.76. The van der Waals surface area contributed by atoms with Crippen molar-refractivity contribution in [3.8, 4) is 11.8 Å². The molecule has 0 saturated carbocycles. The lowest BCUT2D eigenvalue weighted by molar-refractivity contribution is 0.306. The Balaban J connectivity index is 1.40. The molecule has 0 unspecified atom stereocenters. The Bertz CT molecular complexity index is 1090. The van der Waals surface area contributed by atoms with Crippen molar-refractivity contribution in [2.45, 2.75) is 13.0 Å². The maximum Gasteiger partial charge on any atom is 0.139 e. The van der Waals surface area contributed by atoms with Gasteiger partial charge in [-0.25, -0.2) is 4.68 Å². The van der Waals surface area contributed by atoms with E-state index in [0.717, 1.165) is 30.0 Å². The molecule has 0 aliphatic carbocycles. The molecule has 1 aromatic heterocycles. The summed E-state index contributed by atoms with van der Waals surface area (Å²) in [5, 5.41) is 18.9. The molecule has 0 spiro atoms. The van der Waals surface area contributed by atoms with Crippen molar-refractivity contribution in [2.75, 3.05) is 11.6 Å². The van der Waals surface area contributed by atoms with E-state index in [1.807, 2.05) is 59.3 Å². The lowest BCUT2D eigenvalue weighted by atomic mass is 10.1. The van der Waals surface area contributed by atoms with Crippen molar-refractivity contribution in [2.24, 2.45) is 0 Å². The standard InChI is InChI=1S/C24H21N5O/c25-16-21-6-10-23(11-7-21)29(28-18-26-27-19-28)15-14-20-8-12-24(13-9-20)30-17-22-4-2-1-3-5-22/h1-13,18-19H,14-15,17H2. The van der Waals surface area contributed by atoms with E-state index in [9.17, 15) is 0 Å². The second-order valence-corrected chi connectivity index (χ2v) is 6.79. The Morgan fingerprint density at radius 3 is 2.20 bits per heavy atom. The van der Waals surface area contributed by atoms with Crippen molar-refractivity contribution < 1.29 is 4.74 Å². The summed E-state index contributed by atoms with van der Waals surface area (Å²) >= 11 is 0. The van der Waals surface area contributed by atoms with Crippen LogP contribution in [-0.2, 0) is 13.0 Å². The van der Waals surface area contributed by atoms with Crippen LogP contribution in [0, 0.1) is 11.3 Å². The van der Waals surface area contributed by atoms with E-state index in [1.54, 1.807) is 12.7 Å². The fourth-order valence-electron chi connectivity index (χ4n) is 3.13. The van der Waals surface area contributed by atoms with E-state index >= 15 is 0 Å². The number of benzene rings is 3. The Hall–Kier alpha value is -4.11. The SMILES string of the molecule is N#Cc1ccc(N(CCc2ccc(OCc3ccccc3)cc2)n2cnnc2)cc1. The molecule has 0 saturated heterocycles. The van der Waals surface area contributed by atoms with E-state index in [-0.39, 0.29) is 0 Å². The minimum Gasteiger partial charge on any atom is -0.489 e. The number of aromatic nitrogens is 3. The van der Waals surface area contributed by atoms with Crippen LogP contribution in [0.15, 0.2) is 91.5 Å². The highest BCUT2D eigenvalue weighted by molar-refractivity contribution is 5.49. The van der Waals surface area contributed by atoms with E-state index in [1.165, 1.54) is 5.56 Å². The van der Waals surface area contributed by atoms with Crippen LogP contribution >= 0.6 is 0 Å². The quantitative estimate of drug-likeness (QED) is 0.446. The molecule has 4 rings (SSSR count). The number of hydrogen-bond acceptors (Lipinski definition) is 5. The molecule has 0 N–H and O–H groups in total. The van der Waals surface area contributed by atoms with Crippen LogP contribution in [0.5, 0.6) is 5.75 Å². The Labute approximate surface area is 175 Å². The molecule has 0 atom stereocenters. The molecule has 30 heavy (non-hydrogen) atoms. The molecule has 0 aliphatic heterocycles. The van der Waals surface area contributed by atoms with Crippen LogP contribution in [0.3, 0.4) is 0 Å². The van der Waals surface area contributed by atoms with Crippen molar-refractivity contribution in [1.29, 1.82) is 5.26 Å². The van der Waals surface area contributed by atoms with Crippen molar-refractivity contribution in [3.63, 3.8) is 0 Å². The number of nitriles is 1. The van der Waals surface area contributed by atoms with Gasteiger partial charge < -0.3 is 4.74 Å². The largest absolute Gasteiger partial charge is 0.489 e. The molecule has 6 nitrogen and oxygen atoms in total. The number of hydrogen-bond donors (Lipinski definition) is 0. The Kier molecular flexibility index (Phi) is 6.02. The van der Waals surface area contributed by atoms with Crippen LogP contribution in [0.1, 0.15) is 16.7 Å². The summed E-state index contributed by atoms with van der Waals surface area (Å²) in [7, 11) is 0. The molecule has 0 bridgehead atoms. The van der Waals surface area contributed by atoms with Crippen LogP contribution in [0.25, 0.3) is 0 Å². The fraction of sp³-hybridized carbons (Fsp3) is 0.125. The fourth-order valence-corrected chi connectivity index (χ4v) is 3.13. The molecule has 1 heterocycles. The summed E-state index contributed by atoms with van der Waals surface area (Å²) in [5.41, 5.74) is 3.95. The topological polar surface area (TPSA) is 67.0 Å². The van der Waals surface area contributed by atoms with Gasteiger partial charge in [-0.05, 0) is 53.9 Å². The highest BCUT2D eigenvalue weighted by Crippen LogP contribution is 2.18. The molecular weight excluding hydrogens is 374 g/mol. The number of nitrogens with zero attached hydrogens (tertiary/aromatic N) is 5. The molecule has 0 amide bonds. The first-order valence-electron chi connectivity index (χ1n) is 9.70. The minimum atomic E-state index is 0.556. The predicted molar refractivity (Wildman–Crippen MR) is 115 cm³/mol. The molecule has 6 heteroatoms. The number of ether oxygens (including phenoxy) is 1. The lowest BCUT2D eigenvalue weighted by Gasteiger charge is -2.25. The van der Waals surface area contributed by atoms with Gasteiger partial charge in [-0.1, -0.05) is 42.5 Å². The zero-order valence-electron chi connectivity index (χ0n) is 16.4. The van der Waals surface area contributed by atoms with Gasteiger partial charge in [0.15, 0.2) is 0 Å². The molecule has 0 fully saturated rings. The zero-order valence-corrected chi connectivity index (χ0v) is 16.4. The molecule has 0 radical (unpaired) electrons. The van der Waals surface area contributed by atoms with Gasteiger partial charge in [0.1, 0.15) is 25.0 Å². The van der Waals surface area contributed by atoms with Crippen molar-refractivity contribution in [1.82, 2.24) is 14.9 Å². The van der Waals surface area contributed by atoms with Gasteiger partial charge in [-0.3, -0.25) is 5.01 Å².